The maximum absolute atomic E-state index is 11.4. The number of rotatable bonds is 22. The molecule has 0 bridgehead atoms. The summed E-state index contributed by atoms with van der Waals surface area (Å²) in [7, 11) is -4.84. The number of carboxylic acids is 2. The third-order valence-corrected chi connectivity index (χ3v) is 6.21. The van der Waals surface area contributed by atoms with E-state index < -0.39 is 33.7 Å². The van der Waals surface area contributed by atoms with Gasteiger partial charge in [-0.15, -0.1) is 0 Å². The molecule has 216 valence electrons. The molecule has 1 amide bonds. The average molecular weight is 587 g/mol. The third-order valence-electron chi connectivity index (χ3n) is 5.13. The molecule has 0 fully saturated rings. The van der Waals surface area contributed by atoms with Crippen LogP contribution >= 0.6 is 0 Å². The monoisotopic (exact) mass is 586 g/mol. The molecule has 0 aliphatic rings. The van der Waals surface area contributed by atoms with E-state index in [0.29, 0.717) is 13.0 Å². The Balaban J connectivity index is -0.000000351. The molecule has 0 rings (SSSR count). The van der Waals surface area contributed by atoms with Gasteiger partial charge in [-0.1, -0.05) is 70.4 Å². The summed E-state index contributed by atoms with van der Waals surface area (Å²) >= 11 is 0. The van der Waals surface area contributed by atoms with Crippen molar-refractivity contribution < 1.29 is 42.7 Å². The number of nitrogens with one attached hydrogen (secondary N) is 2. The summed E-state index contributed by atoms with van der Waals surface area (Å²) < 4.78 is 28.7. The van der Waals surface area contributed by atoms with Crippen LogP contribution in [0.4, 0.5) is 0 Å². The van der Waals surface area contributed by atoms with E-state index in [0.717, 1.165) is 12.8 Å². The number of allylic oxidation sites excluding steroid dienone is 2. The minimum absolute atomic E-state index is 0. The number of hydrogen-bond acceptors (Lipinski definition) is 7. The Kier molecular flexibility index (Phi) is 37.3. The van der Waals surface area contributed by atoms with Crippen molar-refractivity contribution in [2.75, 3.05) is 13.2 Å². The quantitative estimate of drug-likeness (QED) is 0.0360. The summed E-state index contributed by atoms with van der Waals surface area (Å²) in [6.45, 7) is 2.70. The van der Waals surface area contributed by atoms with Crippen LogP contribution in [0.2, 0.25) is 0 Å². The average Bonchev–Trinajstić information content (AvgIpc) is 2.79. The van der Waals surface area contributed by atoms with Crippen LogP contribution < -0.4 is 10.9 Å². The number of carbonyl (C=O) groups excluding carboxylic acids is 1. The van der Waals surface area contributed by atoms with E-state index in [9.17, 15) is 22.8 Å². The standard InChI is InChI=1S/C20H40N2O2.C4H6O7S.2Na.2H/c1-2-3-4-5-6-7-8-9-10-11-12-13-14-15-16-17-20(24)22-21-18-19-23;5-3(6)1-2(4(7)8)12(9,10)11;;;;/h9-10,21,23H,2-8,11-19H2,1H3,(H,22,24);2H,1H2,(H,5,6)(H,7,8)(H,9,10,11);;;;/b10-9-;;;;;. The van der Waals surface area contributed by atoms with Crippen LogP contribution in [0.25, 0.3) is 0 Å². The molecule has 1 unspecified atom stereocenters. The van der Waals surface area contributed by atoms with Gasteiger partial charge in [-0.2, -0.15) is 8.42 Å². The SMILES string of the molecule is CCCCCCCC/C=C\CCCCCCCC(=O)NNCCO.O=C(O)CC(C(=O)O)S(=O)(=O)O.[NaH].[NaH]. The van der Waals surface area contributed by atoms with Gasteiger partial charge in [-0.3, -0.25) is 24.4 Å². The zero-order valence-electron chi connectivity index (χ0n) is 21.5. The van der Waals surface area contributed by atoms with Gasteiger partial charge in [0.05, 0.1) is 13.0 Å². The van der Waals surface area contributed by atoms with E-state index in [1.165, 1.54) is 70.6 Å². The molecule has 1 atom stereocenters. The molecule has 0 aromatic heterocycles. The molecule has 6 N–H and O–H groups in total. The van der Waals surface area contributed by atoms with Crippen LogP contribution in [0.1, 0.15) is 103 Å². The predicted octanol–water partition coefficient (Wildman–Crippen LogP) is 2.14. The first-order chi connectivity index (χ1) is 17.1. The van der Waals surface area contributed by atoms with Gasteiger partial charge >= 0.3 is 71.1 Å². The van der Waals surface area contributed by atoms with E-state index in [2.05, 4.69) is 29.9 Å². The van der Waals surface area contributed by atoms with Crippen LogP contribution in [-0.2, 0) is 24.5 Å². The molecule has 0 saturated carbocycles. The van der Waals surface area contributed by atoms with Crippen LogP contribution in [0.15, 0.2) is 12.2 Å². The number of hydrazine groups is 1. The molecule has 38 heavy (non-hydrogen) atoms. The minimum atomic E-state index is -4.84. The van der Waals surface area contributed by atoms with E-state index in [4.69, 9.17) is 19.9 Å². The summed E-state index contributed by atoms with van der Waals surface area (Å²) in [6, 6.07) is 0. The van der Waals surface area contributed by atoms with Crippen LogP contribution in [0, 0.1) is 0 Å². The fourth-order valence-electron chi connectivity index (χ4n) is 3.11. The van der Waals surface area contributed by atoms with Gasteiger partial charge in [0, 0.05) is 13.0 Å². The molecule has 0 saturated heterocycles. The van der Waals surface area contributed by atoms with Gasteiger partial charge in [-0.05, 0) is 32.1 Å². The van der Waals surface area contributed by atoms with Crippen molar-refractivity contribution in [3.05, 3.63) is 12.2 Å². The van der Waals surface area contributed by atoms with E-state index in [1.54, 1.807) is 0 Å². The first kappa shape index (κ1) is 45.0. The van der Waals surface area contributed by atoms with Crippen LogP contribution in [0.5, 0.6) is 0 Å². The van der Waals surface area contributed by atoms with Crippen molar-refractivity contribution in [2.45, 2.75) is 108 Å². The molecular weight excluding hydrogens is 538 g/mol. The number of unbranched alkanes of at least 4 members (excludes halogenated alkanes) is 11. The summed E-state index contributed by atoms with van der Waals surface area (Å²) in [6.07, 6.45) is 20.6. The molecule has 0 aromatic carbocycles. The van der Waals surface area contributed by atoms with Crippen LogP contribution in [0.3, 0.4) is 0 Å². The molecule has 0 radical (unpaired) electrons. The molecule has 11 nitrogen and oxygen atoms in total. The topological polar surface area (TPSA) is 190 Å². The Morgan fingerprint density at radius 3 is 1.68 bits per heavy atom. The van der Waals surface area contributed by atoms with Crippen molar-refractivity contribution >= 4 is 87.1 Å². The fourth-order valence-corrected chi connectivity index (χ4v) is 3.72. The number of aliphatic hydroxyl groups is 1. The molecular formula is C24H48N2Na2O9S. The van der Waals surface area contributed by atoms with Crippen molar-refractivity contribution in [3.8, 4) is 0 Å². The second kappa shape index (κ2) is 31.5. The number of aliphatic carboxylic acids is 2. The number of hydrogen-bond donors (Lipinski definition) is 6. The van der Waals surface area contributed by atoms with E-state index >= 15 is 0 Å². The number of carbonyl (C=O) groups is 3. The summed E-state index contributed by atoms with van der Waals surface area (Å²) in [4.78, 5) is 31.4. The van der Waals surface area contributed by atoms with E-state index in [-0.39, 0.29) is 71.6 Å². The Morgan fingerprint density at radius 2 is 1.29 bits per heavy atom. The predicted molar refractivity (Wildman–Crippen MR) is 152 cm³/mol. The van der Waals surface area contributed by atoms with Gasteiger partial charge in [0.15, 0.2) is 5.25 Å². The van der Waals surface area contributed by atoms with E-state index in [1.807, 2.05) is 0 Å². The van der Waals surface area contributed by atoms with Gasteiger partial charge in [0.25, 0.3) is 10.1 Å². The normalized spacial score (nSPS) is 11.4. The Morgan fingerprint density at radius 1 is 0.816 bits per heavy atom. The molecule has 0 heterocycles. The summed E-state index contributed by atoms with van der Waals surface area (Å²) in [5.41, 5.74) is 5.25. The first-order valence-electron chi connectivity index (χ1n) is 12.7. The second-order valence-corrected chi connectivity index (χ2v) is 10.1. The van der Waals surface area contributed by atoms with Crippen LogP contribution in [-0.4, -0.2) is 124 Å². The fraction of sp³-hybridized carbons (Fsp3) is 0.792. The zero-order valence-corrected chi connectivity index (χ0v) is 22.3. The van der Waals surface area contributed by atoms with Crippen molar-refractivity contribution in [2.24, 2.45) is 0 Å². The molecule has 0 aromatic rings. The Labute approximate surface area is 272 Å². The summed E-state index contributed by atoms with van der Waals surface area (Å²) in [5, 5.41) is 22.5. The molecule has 14 heteroatoms. The zero-order chi connectivity index (χ0) is 27.7. The van der Waals surface area contributed by atoms with Crippen molar-refractivity contribution in [1.82, 2.24) is 10.9 Å². The Hall–Kier alpha value is -0.0200. The number of carboxylic acid groups (broad SMARTS) is 2. The van der Waals surface area contributed by atoms with Crippen molar-refractivity contribution in [3.63, 3.8) is 0 Å². The second-order valence-electron chi connectivity index (χ2n) is 8.47. The van der Waals surface area contributed by atoms with Gasteiger partial charge in [-0.25, -0.2) is 5.43 Å². The molecule has 0 aliphatic carbocycles. The Bertz CT molecular complexity index is 724. The first-order valence-corrected chi connectivity index (χ1v) is 14.2. The number of aliphatic hydroxyl groups excluding tert-OH is 1. The number of amides is 1. The van der Waals surface area contributed by atoms with Gasteiger partial charge in [0.1, 0.15) is 0 Å². The van der Waals surface area contributed by atoms with Gasteiger partial charge in [0.2, 0.25) is 5.91 Å². The van der Waals surface area contributed by atoms with Crippen molar-refractivity contribution in [1.29, 1.82) is 0 Å². The van der Waals surface area contributed by atoms with Gasteiger partial charge < -0.3 is 15.3 Å². The summed E-state index contributed by atoms with van der Waals surface area (Å²) in [5.74, 6) is -3.49. The molecule has 0 aliphatic heterocycles. The maximum atomic E-state index is 11.4. The third kappa shape index (κ3) is 34.0. The molecule has 0 spiro atoms.